The van der Waals surface area contributed by atoms with Crippen molar-refractivity contribution < 1.29 is 0 Å². The Morgan fingerprint density at radius 1 is 0.237 bits per heavy atom. The van der Waals surface area contributed by atoms with Gasteiger partial charge in [0, 0.05) is 0 Å². The first-order valence-corrected chi connectivity index (χ1v) is 50.0. The quantitative estimate of drug-likeness (QED) is 0.0845. The molecule has 12 fully saturated rings. The van der Waals surface area contributed by atoms with Crippen LogP contribution in [0.25, 0.3) is 82.5 Å². The summed E-state index contributed by atoms with van der Waals surface area (Å²) in [5.74, 6) is 0. The van der Waals surface area contributed by atoms with E-state index in [2.05, 4.69) is 393 Å². The maximum absolute atomic E-state index is 4.36. The van der Waals surface area contributed by atoms with Gasteiger partial charge in [0.15, 0.2) is 0 Å². The third-order valence-corrected chi connectivity index (χ3v) is 59.4. The van der Waals surface area contributed by atoms with Crippen molar-refractivity contribution in [3.05, 3.63) is 364 Å². The number of fused-ring (bicyclic) bond motifs is 15. The SMILES string of the molecule is [BH2-]1B2B3B1P23(Nc1ccccc1)c1ccc2c3ccccc3n3c2c1B(c1ccccc1)c1ccccc1-3.[BH2-]1B2B3B1P23(Nc1ccccc1)c1cccc(B2c3ccccc3-n3c4ccccc4c4cccc2c43)c1.[BH2-]1B2B3B1P23(Nc1ccccc1)c1ccccc1B1c2ccccc2-n2c3ccccc3c3cccc1c32. The van der Waals surface area contributed by atoms with E-state index in [4.69, 9.17) is 0 Å². The minimum absolute atomic E-state index is 0.186. The van der Waals surface area contributed by atoms with Crippen molar-refractivity contribution in [3.8, 4) is 17.1 Å². The third-order valence-electron chi connectivity index (χ3n) is 34.0. The Kier molecular flexibility index (Phi) is 12.1. The predicted octanol–water partition coefficient (Wildman–Crippen LogP) is 9.46. The van der Waals surface area contributed by atoms with Gasteiger partial charge in [-0.15, -0.1) is 0 Å². The van der Waals surface area contributed by atoms with Gasteiger partial charge >= 0.3 is 674 Å². The van der Waals surface area contributed by atoms with E-state index in [0.717, 1.165) is 55.9 Å². The maximum atomic E-state index is 4.36. The van der Waals surface area contributed by atoms with Gasteiger partial charge in [-0.1, -0.05) is 0 Å². The third kappa shape index (κ3) is 7.25. The second-order valence-corrected chi connectivity index (χ2v) is 53.7. The molecule has 3 N–H and O–H groups in total. The minimum atomic E-state index is -2.14. The zero-order valence-corrected chi connectivity index (χ0v) is 66.4. The van der Waals surface area contributed by atoms with Crippen LogP contribution in [0.2, 0.25) is 0 Å². The van der Waals surface area contributed by atoms with Crippen LogP contribution in [0.15, 0.2) is 364 Å². The number of anilines is 3. The summed E-state index contributed by atoms with van der Waals surface area (Å²) in [5, 5.41) is 26.2. The van der Waals surface area contributed by atoms with Gasteiger partial charge in [-0.3, -0.25) is 0 Å². The van der Waals surface area contributed by atoms with Crippen molar-refractivity contribution in [1.29, 1.82) is 0 Å². The average Bonchev–Trinajstić information content (AvgIpc) is 1.37. The fraction of sp³-hybridized carbons (Fsp3) is 0. The van der Waals surface area contributed by atoms with E-state index in [-0.39, 0.29) is 41.3 Å². The molecule has 6 bridgehead atoms. The molecule has 24 heteroatoms. The fourth-order valence-electron chi connectivity index (χ4n) is 29.2. The molecular formula is C90H69B15N6P3-3. The Balaban J connectivity index is 0.0000000902. The van der Waals surface area contributed by atoms with Crippen LogP contribution in [0.5, 0.6) is 0 Å². The van der Waals surface area contributed by atoms with E-state index in [1.165, 1.54) is 138 Å². The van der Waals surface area contributed by atoms with Gasteiger partial charge in [0.25, 0.3) is 0 Å². The second-order valence-electron chi connectivity index (χ2n) is 36.8. The number of para-hydroxylation sites is 11. The molecule has 0 aliphatic carbocycles. The molecule has 114 heavy (non-hydrogen) atoms. The molecule has 0 amide bonds. The normalized spacial score (nSPS) is 19.3. The van der Waals surface area contributed by atoms with E-state index in [9.17, 15) is 0 Å². The number of hydrogen-bond acceptors (Lipinski definition) is 3. The monoisotopic (exact) mass is 1490 g/mol. The molecule has 18 heterocycles. The fourth-order valence-corrected chi connectivity index (χ4v) is 60.3. The molecule has 0 saturated carbocycles. The van der Waals surface area contributed by atoms with E-state index in [0.29, 0.717) is 0 Å². The molecule has 0 atom stereocenters. The van der Waals surface area contributed by atoms with E-state index >= 15 is 0 Å². The van der Waals surface area contributed by atoms with E-state index in [1.54, 1.807) is 26.8 Å². The van der Waals surface area contributed by atoms with Crippen LogP contribution in [-0.2, 0) is 0 Å². The number of nitrogens with zero attached hydrogens (tertiary/aromatic N) is 3. The molecule has 15 aliphatic heterocycles. The number of nitrogens with one attached hydrogen (secondary N) is 3. The Morgan fingerprint density at radius 2 is 0.579 bits per heavy atom. The van der Waals surface area contributed by atoms with Gasteiger partial charge in [-0.05, 0) is 0 Å². The van der Waals surface area contributed by atoms with Crippen LogP contribution < -0.4 is 80.3 Å². The van der Waals surface area contributed by atoms with Crippen LogP contribution in [0.4, 0.5) is 17.1 Å². The van der Waals surface area contributed by atoms with E-state index < -0.39 is 19.2 Å². The zero-order chi connectivity index (χ0) is 74.0. The molecule has 18 aromatic rings. The number of rotatable bonds is 12. The summed E-state index contributed by atoms with van der Waals surface area (Å²) < 4.78 is 7.64. The van der Waals surface area contributed by atoms with Gasteiger partial charge in [0.1, 0.15) is 0 Å². The molecular weight excluding hydrogens is 1420 g/mol. The van der Waals surface area contributed by atoms with Crippen LogP contribution in [0, 0.1) is 0 Å². The summed E-state index contributed by atoms with van der Waals surface area (Å²) in [6.45, 7) is 0.740. The van der Waals surface area contributed by atoms with Crippen molar-refractivity contribution in [3.63, 3.8) is 0 Å². The Bertz CT molecular complexity index is 7310. The number of hydrogen-bond donors (Lipinski definition) is 3. The second kappa shape index (κ2) is 21.7. The van der Waals surface area contributed by atoms with Crippen molar-refractivity contribution in [2.75, 3.05) is 15.3 Å². The number of aromatic nitrogens is 3. The summed E-state index contributed by atoms with van der Waals surface area (Å²) >= 11 is 0. The van der Waals surface area contributed by atoms with Crippen molar-refractivity contribution in [2.45, 2.75) is 0 Å². The first kappa shape index (κ1) is 63.7. The zero-order valence-electron chi connectivity index (χ0n) is 63.8. The van der Waals surface area contributed by atoms with Crippen molar-refractivity contribution in [1.82, 2.24) is 13.7 Å². The molecule has 15 aromatic carbocycles. The number of benzene rings is 15. The van der Waals surface area contributed by atoms with Crippen molar-refractivity contribution in [2.24, 2.45) is 0 Å². The van der Waals surface area contributed by atoms with Gasteiger partial charge in [-0.2, -0.15) is 0 Å². The van der Waals surface area contributed by atoms with Crippen molar-refractivity contribution >= 4 is 264 Å². The molecule has 0 unspecified atom stereocenters. The van der Waals surface area contributed by atoms with Crippen LogP contribution in [-0.4, -0.2) is 111 Å². The summed E-state index contributed by atoms with van der Waals surface area (Å²) in [7, 11) is 0.642. The Hall–Kier alpha value is -10.6. The molecule has 3 aromatic heterocycles. The van der Waals surface area contributed by atoms with Crippen LogP contribution in [0.3, 0.4) is 0 Å². The Labute approximate surface area is 668 Å². The first-order valence-electron chi connectivity index (χ1n) is 42.6. The summed E-state index contributed by atoms with van der Waals surface area (Å²) in [5.41, 5.74) is 29.3. The molecule has 6 nitrogen and oxygen atoms in total. The summed E-state index contributed by atoms with van der Waals surface area (Å²) in [6.07, 6.45) is 2.79. The molecule has 33 rings (SSSR count). The summed E-state index contributed by atoms with van der Waals surface area (Å²) in [6, 6.07) is 137. The van der Waals surface area contributed by atoms with Crippen LogP contribution >= 0.6 is 19.2 Å². The first-order chi connectivity index (χ1) is 56.5. The molecule has 15 aliphatic rings. The molecule has 522 valence electrons. The summed E-state index contributed by atoms with van der Waals surface area (Å²) in [4.78, 5) is 0. The average molecular weight is 1490 g/mol. The van der Waals surface area contributed by atoms with Gasteiger partial charge < -0.3 is 0 Å². The van der Waals surface area contributed by atoms with E-state index in [1.807, 2.05) is 0 Å². The molecule has 12 saturated heterocycles. The van der Waals surface area contributed by atoms with Crippen LogP contribution in [0.1, 0.15) is 0 Å². The predicted molar refractivity (Wildman–Crippen MR) is 523 cm³/mol. The van der Waals surface area contributed by atoms with Gasteiger partial charge in [-0.25, -0.2) is 0 Å². The molecule has 0 spiro atoms. The standard InChI is InChI=1S/3C30H23B5N2P/c1-3-11-21(12-4-1)32-25-16-8-10-18-27(25)37-26-17-9-7-15-23(26)24-19-20-28(29(32)30(24)37)38(33-31-34(38)35(33)38)36-22-13-5-2-6-14-22;1-2-11-21(12-3-1)36-38(33-31-34(38)35(33)38)29-20-9-6-16-25(29)32-24-15-5-8-19-28(24)37-27-18-7-4-13-22(27)23-14-10-17-26(32)30(23)37;1-2-11-22(12-3-1)36-38(33-31-34(38)35(33)38)23-13-8-10-21(20-23)32-26-16-5-7-19-29(26)37-28-18-6-4-14-24(28)25-15-9-17-27(32)30(25)37/h3*1-20,36H,31H2/q3*-1. The van der Waals surface area contributed by atoms with Gasteiger partial charge in [0.2, 0.25) is 0 Å². The topological polar surface area (TPSA) is 50.9 Å². The molecule has 0 radical (unpaired) electrons. The van der Waals surface area contributed by atoms with Gasteiger partial charge in [0.05, 0.1) is 0 Å². The Morgan fingerprint density at radius 3 is 1.06 bits per heavy atom.